The van der Waals surface area contributed by atoms with Crippen LogP contribution in [0.25, 0.3) is 6.08 Å². The second-order valence-electron chi connectivity index (χ2n) is 3.38. The molecule has 0 fully saturated rings. The Morgan fingerprint density at radius 2 is 2.00 bits per heavy atom. The lowest BCUT2D eigenvalue weighted by atomic mass is 10.1. The van der Waals surface area contributed by atoms with Gasteiger partial charge in [0, 0.05) is 11.6 Å². The van der Waals surface area contributed by atoms with Crippen molar-refractivity contribution in [1.82, 2.24) is 0 Å². The second kappa shape index (κ2) is 4.74. The third kappa shape index (κ3) is 2.30. The molecule has 0 saturated carbocycles. The van der Waals surface area contributed by atoms with Gasteiger partial charge in [0.15, 0.2) is 11.5 Å². The zero-order chi connectivity index (χ0) is 12.3. The first-order chi connectivity index (χ1) is 8.24. The van der Waals surface area contributed by atoms with Crippen LogP contribution in [0.3, 0.4) is 0 Å². The molecule has 1 aromatic carbocycles. The van der Waals surface area contributed by atoms with E-state index in [-0.39, 0.29) is 5.97 Å². The summed E-state index contributed by atoms with van der Waals surface area (Å²) in [5.41, 5.74) is 0.793. The van der Waals surface area contributed by atoms with Crippen molar-refractivity contribution in [1.29, 1.82) is 0 Å². The number of methoxy groups -OCH3 is 2. The van der Waals surface area contributed by atoms with Crippen molar-refractivity contribution in [3.05, 3.63) is 41.7 Å². The number of esters is 1. The molecule has 0 aliphatic carbocycles. The molecule has 1 aliphatic heterocycles. The highest BCUT2D eigenvalue weighted by Crippen LogP contribution is 2.32. The molecule has 0 spiro atoms. The van der Waals surface area contributed by atoms with Gasteiger partial charge >= 0.3 is 5.97 Å². The van der Waals surface area contributed by atoms with Gasteiger partial charge in [0.2, 0.25) is 0 Å². The van der Waals surface area contributed by atoms with E-state index in [9.17, 15) is 4.79 Å². The van der Waals surface area contributed by atoms with Crippen molar-refractivity contribution in [2.24, 2.45) is 0 Å². The highest BCUT2D eigenvalue weighted by atomic mass is 16.5. The molecule has 0 unspecified atom stereocenters. The highest BCUT2D eigenvalue weighted by molar-refractivity contribution is 5.88. The average Bonchev–Trinajstić information content (AvgIpc) is 2.74. The summed E-state index contributed by atoms with van der Waals surface area (Å²) in [4.78, 5) is 10.9. The Morgan fingerprint density at radius 1 is 1.18 bits per heavy atom. The molecule has 0 N–H and O–H groups in total. The Bertz CT molecular complexity index is 500. The van der Waals surface area contributed by atoms with Gasteiger partial charge in [-0.3, -0.25) is 0 Å². The molecule has 0 atom stereocenters. The number of rotatable bonds is 3. The Labute approximate surface area is 99.1 Å². The molecule has 0 saturated heterocycles. The number of cyclic esters (lactones) is 1. The number of para-hydroxylation sites is 1. The second-order valence-corrected chi connectivity index (χ2v) is 3.38. The molecular weight excluding hydrogens is 220 g/mol. The standard InChI is InChI=1S/C13H12O4/c1-15-11-5-3-4-9(13(11)16-2)8-10-6-7-12(14)17-10/h3-8H,1-2H3/b10-8+. The quantitative estimate of drug-likeness (QED) is 0.749. The first-order valence-corrected chi connectivity index (χ1v) is 5.07. The van der Waals surface area contributed by atoms with Gasteiger partial charge in [-0.25, -0.2) is 4.79 Å². The van der Waals surface area contributed by atoms with Gasteiger partial charge in [-0.2, -0.15) is 0 Å². The molecule has 17 heavy (non-hydrogen) atoms. The molecule has 0 amide bonds. The molecule has 4 heteroatoms. The van der Waals surface area contributed by atoms with E-state index in [1.54, 1.807) is 32.4 Å². The first-order valence-electron chi connectivity index (χ1n) is 5.07. The minimum atomic E-state index is -0.363. The van der Waals surface area contributed by atoms with Crippen molar-refractivity contribution >= 4 is 12.0 Å². The van der Waals surface area contributed by atoms with E-state index in [0.717, 1.165) is 5.56 Å². The molecule has 4 nitrogen and oxygen atoms in total. The van der Waals surface area contributed by atoms with Crippen LogP contribution in [0.4, 0.5) is 0 Å². The summed E-state index contributed by atoms with van der Waals surface area (Å²) in [6, 6.07) is 5.50. The molecule has 0 aromatic heterocycles. The predicted molar refractivity (Wildman–Crippen MR) is 62.8 cm³/mol. The minimum Gasteiger partial charge on any atom is -0.493 e. The summed E-state index contributed by atoms with van der Waals surface area (Å²) >= 11 is 0. The van der Waals surface area contributed by atoms with Crippen LogP contribution in [0.5, 0.6) is 11.5 Å². The molecule has 2 rings (SSSR count). The number of allylic oxidation sites excluding steroid dienone is 1. The van der Waals surface area contributed by atoms with E-state index < -0.39 is 0 Å². The molecule has 1 aromatic rings. The van der Waals surface area contributed by atoms with Crippen LogP contribution in [0.2, 0.25) is 0 Å². The van der Waals surface area contributed by atoms with Gasteiger partial charge in [-0.15, -0.1) is 0 Å². The zero-order valence-electron chi connectivity index (χ0n) is 9.60. The number of carbonyl (C=O) groups excluding carboxylic acids is 1. The van der Waals surface area contributed by atoms with Crippen molar-refractivity contribution in [2.45, 2.75) is 0 Å². The number of carbonyl (C=O) groups is 1. The third-order valence-corrected chi connectivity index (χ3v) is 2.33. The van der Waals surface area contributed by atoms with E-state index >= 15 is 0 Å². The summed E-state index contributed by atoms with van der Waals surface area (Å²) in [5.74, 6) is 1.37. The summed E-state index contributed by atoms with van der Waals surface area (Å²) in [7, 11) is 3.14. The predicted octanol–water partition coefficient (Wildman–Crippen LogP) is 2.16. The van der Waals surface area contributed by atoms with E-state index in [1.165, 1.54) is 6.08 Å². The lowest BCUT2D eigenvalue weighted by Crippen LogP contribution is -1.94. The van der Waals surface area contributed by atoms with Crippen molar-refractivity contribution in [3.63, 3.8) is 0 Å². The van der Waals surface area contributed by atoms with Crippen LogP contribution < -0.4 is 9.47 Å². The van der Waals surface area contributed by atoms with Gasteiger partial charge < -0.3 is 14.2 Å². The maximum atomic E-state index is 10.9. The zero-order valence-corrected chi connectivity index (χ0v) is 9.60. The van der Waals surface area contributed by atoms with E-state index in [2.05, 4.69) is 0 Å². The number of ether oxygens (including phenoxy) is 3. The lowest BCUT2D eigenvalue weighted by molar-refractivity contribution is -0.132. The SMILES string of the molecule is COc1cccc(/C=C2\C=CC(=O)O2)c1OC. The molecule has 88 valence electrons. The maximum absolute atomic E-state index is 10.9. The Morgan fingerprint density at radius 3 is 2.59 bits per heavy atom. The minimum absolute atomic E-state index is 0.363. The van der Waals surface area contributed by atoms with Crippen LogP contribution >= 0.6 is 0 Å². The number of hydrogen-bond acceptors (Lipinski definition) is 4. The number of benzene rings is 1. The van der Waals surface area contributed by atoms with Crippen LogP contribution in [-0.2, 0) is 9.53 Å². The fourth-order valence-electron chi connectivity index (χ4n) is 1.59. The molecule has 1 heterocycles. The van der Waals surface area contributed by atoms with Crippen LogP contribution in [0, 0.1) is 0 Å². The topological polar surface area (TPSA) is 44.8 Å². The van der Waals surface area contributed by atoms with Gasteiger partial charge in [0.1, 0.15) is 5.76 Å². The van der Waals surface area contributed by atoms with E-state index in [0.29, 0.717) is 17.3 Å². The molecular formula is C13H12O4. The molecule has 0 bridgehead atoms. The summed E-state index contributed by atoms with van der Waals surface area (Å²) < 4.78 is 15.4. The Balaban J connectivity index is 2.39. The summed E-state index contributed by atoms with van der Waals surface area (Å²) in [6.07, 6.45) is 4.71. The Kier molecular flexibility index (Phi) is 3.14. The van der Waals surface area contributed by atoms with Gasteiger partial charge in [-0.1, -0.05) is 12.1 Å². The smallest absolute Gasteiger partial charge is 0.336 e. The monoisotopic (exact) mass is 232 g/mol. The first kappa shape index (κ1) is 11.3. The summed E-state index contributed by atoms with van der Waals surface area (Å²) in [6.45, 7) is 0. The largest absolute Gasteiger partial charge is 0.493 e. The van der Waals surface area contributed by atoms with Gasteiger partial charge in [0.25, 0.3) is 0 Å². The van der Waals surface area contributed by atoms with Crippen molar-refractivity contribution in [2.75, 3.05) is 14.2 Å². The lowest BCUT2D eigenvalue weighted by Gasteiger charge is -2.10. The van der Waals surface area contributed by atoms with Crippen molar-refractivity contribution in [3.8, 4) is 11.5 Å². The fraction of sp³-hybridized carbons (Fsp3) is 0.154. The average molecular weight is 232 g/mol. The maximum Gasteiger partial charge on any atom is 0.336 e. The van der Waals surface area contributed by atoms with Crippen LogP contribution in [0.1, 0.15) is 5.56 Å². The van der Waals surface area contributed by atoms with Gasteiger partial charge in [0.05, 0.1) is 14.2 Å². The summed E-state index contributed by atoms with van der Waals surface area (Å²) in [5, 5.41) is 0. The normalized spacial score (nSPS) is 16.1. The van der Waals surface area contributed by atoms with Crippen LogP contribution in [0.15, 0.2) is 36.1 Å². The van der Waals surface area contributed by atoms with Crippen molar-refractivity contribution < 1.29 is 19.0 Å². The Hall–Kier alpha value is -2.23. The van der Waals surface area contributed by atoms with E-state index in [1.807, 2.05) is 12.1 Å². The molecule has 1 aliphatic rings. The number of hydrogen-bond donors (Lipinski definition) is 0. The third-order valence-electron chi connectivity index (χ3n) is 2.33. The van der Waals surface area contributed by atoms with Gasteiger partial charge in [-0.05, 0) is 18.2 Å². The van der Waals surface area contributed by atoms with E-state index in [4.69, 9.17) is 14.2 Å². The molecule has 0 radical (unpaired) electrons. The fourth-order valence-corrected chi connectivity index (χ4v) is 1.59. The highest BCUT2D eigenvalue weighted by Gasteiger charge is 2.12. The van der Waals surface area contributed by atoms with Crippen LogP contribution in [-0.4, -0.2) is 20.2 Å².